The summed E-state index contributed by atoms with van der Waals surface area (Å²) in [6, 6.07) is 0. The topological polar surface area (TPSA) is 46.8 Å². The first kappa shape index (κ1) is 15.6. The fourth-order valence-electron chi connectivity index (χ4n) is 3.13. The van der Waals surface area contributed by atoms with Gasteiger partial charge in [0.1, 0.15) is 12.7 Å². The molecule has 5 nitrogen and oxygen atoms in total. The van der Waals surface area contributed by atoms with Crippen LogP contribution in [-0.2, 0) is 19.5 Å². The molecule has 0 aromatic carbocycles. The number of aromatic nitrogens is 4. The molecule has 1 atom stereocenters. The lowest BCUT2D eigenvalue weighted by molar-refractivity contribution is 0.152. The van der Waals surface area contributed by atoms with Gasteiger partial charge in [0.05, 0.1) is 10.7 Å². The van der Waals surface area contributed by atoms with E-state index >= 15 is 0 Å². The van der Waals surface area contributed by atoms with E-state index in [0.717, 1.165) is 26.1 Å². The third-order valence-corrected chi connectivity index (χ3v) is 5.20. The van der Waals surface area contributed by atoms with Crippen molar-refractivity contribution in [1.29, 1.82) is 0 Å². The summed E-state index contributed by atoms with van der Waals surface area (Å²) in [5, 5.41) is 7.77. The minimum atomic E-state index is 0.675. The van der Waals surface area contributed by atoms with Gasteiger partial charge in [-0.05, 0) is 38.1 Å². The van der Waals surface area contributed by atoms with Crippen molar-refractivity contribution >= 4 is 11.3 Å². The van der Waals surface area contributed by atoms with Crippen molar-refractivity contribution in [3.8, 4) is 0 Å². The van der Waals surface area contributed by atoms with Gasteiger partial charge in [-0.3, -0.25) is 9.58 Å². The predicted octanol–water partition coefficient (Wildman–Crippen LogP) is 2.99. The Morgan fingerprint density at radius 3 is 3.18 bits per heavy atom. The standard InChI is InChI=1S/C16H25N5S/c1-2-3-6-16-19-15(11-22-16)10-20-7-4-5-14(8-20)9-21-13-17-12-18-21/h11-14H,2-10H2,1H3. The van der Waals surface area contributed by atoms with Crippen LogP contribution in [0, 0.1) is 5.92 Å². The van der Waals surface area contributed by atoms with Gasteiger partial charge in [0.25, 0.3) is 0 Å². The zero-order valence-electron chi connectivity index (χ0n) is 13.3. The number of rotatable bonds is 7. The molecule has 0 saturated carbocycles. The lowest BCUT2D eigenvalue weighted by Gasteiger charge is -2.32. The molecule has 2 aromatic heterocycles. The second-order valence-electron chi connectivity index (χ2n) is 6.20. The Morgan fingerprint density at radius 1 is 1.41 bits per heavy atom. The maximum Gasteiger partial charge on any atom is 0.137 e. The molecule has 1 saturated heterocycles. The average Bonchev–Trinajstić information content (AvgIpc) is 3.17. The third kappa shape index (κ3) is 4.36. The molecule has 3 rings (SSSR count). The van der Waals surface area contributed by atoms with E-state index in [9.17, 15) is 0 Å². The van der Waals surface area contributed by atoms with Crippen LogP contribution in [0.2, 0.25) is 0 Å². The van der Waals surface area contributed by atoms with E-state index in [1.807, 2.05) is 22.3 Å². The Hall–Kier alpha value is -1.27. The average molecular weight is 319 g/mol. The minimum absolute atomic E-state index is 0.675. The zero-order valence-corrected chi connectivity index (χ0v) is 14.1. The molecule has 0 bridgehead atoms. The van der Waals surface area contributed by atoms with Crippen LogP contribution in [0.25, 0.3) is 0 Å². The highest BCUT2D eigenvalue weighted by atomic mass is 32.1. The van der Waals surface area contributed by atoms with Gasteiger partial charge in [0.15, 0.2) is 0 Å². The molecule has 6 heteroatoms. The fraction of sp³-hybridized carbons (Fsp3) is 0.688. The molecule has 1 fully saturated rings. The largest absolute Gasteiger partial charge is 0.297 e. The molecule has 0 radical (unpaired) electrons. The summed E-state index contributed by atoms with van der Waals surface area (Å²) in [6.45, 7) is 6.54. The number of likely N-dealkylation sites (tertiary alicyclic amines) is 1. The van der Waals surface area contributed by atoms with Crippen molar-refractivity contribution in [2.75, 3.05) is 13.1 Å². The molecule has 1 aliphatic heterocycles. The lowest BCUT2D eigenvalue weighted by Crippen LogP contribution is -2.36. The highest BCUT2D eigenvalue weighted by molar-refractivity contribution is 7.09. The Kier molecular flexibility index (Phi) is 5.56. The first-order valence-electron chi connectivity index (χ1n) is 8.31. The SMILES string of the molecule is CCCCc1nc(CN2CCCC(Cn3cncn3)C2)cs1. The molecule has 0 amide bonds. The molecule has 120 valence electrons. The number of piperidine rings is 1. The second-order valence-corrected chi connectivity index (χ2v) is 7.14. The van der Waals surface area contributed by atoms with Crippen LogP contribution >= 0.6 is 11.3 Å². The van der Waals surface area contributed by atoms with E-state index in [-0.39, 0.29) is 0 Å². The van der Waals surface area contributed by atoms with Crippen molar-refractivity contribution in [1.82, 2.24) is 24.6 Å². The maximum absolute atomic E-state index is 4.79. The zero-order chi connectivity index (χ0) is 15.2. The normalized spacial score (nSPS) is 19.6. The van der Waals surface area contributed by atoms with Crippen molar-refractivity contribution in [2.24, 2.45) is 5.92 Å². The fourth-order valence-corrected chi connectivity index (χ4v) is 3.96. The number of hydrogen-bond donors (Lipinski definition) is 0. The van der Waals surface area contributed by atoms with E-state index in [2.05, 4.69) is 27.3 Å². The summed E-state index contributed by atoms with van der Waals surface area (Å²) in [5.74, 6) is 0.675. The van der Waals surface area contributed by atoms with Gasteiger partial charge < -0.3 is 0 Å². The van der Waals surface area contributed by atoms with Gasteiger partial charge in [-0.25, -0.2) is 9.97 Å². The highest BCUT2D eigenvalue weighted by Crippen LogP contribution is 2.21. The maximum atomic E-state index is 4.79. The molecule has 0 spiro atoms. The Labute approximate surface area is 136 Å². The number of aryl methyl sites for hydroxylation is 1. The molecular weight excluding hydrogens is 294 g/mol. The number of unbranched alkanes of at least 4 members (excludes halogenated alkanes) is 1. The molecule has 0 aliphatic carbocycles. The molecule has 0 N–H and O–H groups in total. The predicted molar refractivity (Wildman–Crippen MR) is 88.7 cm³/mol. The van der Waals surface area contributed by atoms with Crippen LogP contribution in [-0.4, -0.2) is 37.7 Å². The summed E-state index contributed by atoms with van der Waals surface area (Å²) < 4.78 is 1.96. The molecule has 1 aliphatic rings. The molecule has 3 heterocycles. The summed E-state index contributed by atoms with van der Waals surface area (Å²) in [6.07, 6.45) is 9.62. The Balaban J connectivity index is 1.50. The lowest BCUT2D eigenvalue weighted by atomic mass is 9.98. The van der Waals surface area contributed by atoms with Crippen LogP contribution < -0.4 is 0 Å². The van der Waals surface area contributed by atoms with Gasteiger partial charge in [0.2, 0.25) is 0 Å². The van der Waals surface area contributed by atoms with Gasteiger partial charge >= 0.3 is 0 Å². The number of nitrogens with zero attached hydrogens (tertiary/aromatic N) is 5. The van der Waals surface area contributed by atoms with Gasteiger partial charge in [-0.15, -0.1) is 11.3 Å². The minimum Gasteiger partial charge on any atom is -0.297 e. The van der Waals surface area contributed by atoms with Gasteiger partial charge in [-0.1, -0.05) is 13.3 Å². The summed E-state index contributed by atoms with van der Waals surface area (Å²) >= 11 is 1.82. The van der Waals surface area contributed by atoms with Crippen LogP contribution in [0.5, 0.6) is 0 Å². The van der Waals surface area contributed by atoms with Gasteiger partial charge in [0, 0.05) is 25.0 Å². The number of hydrogen-bond acceptors (Lipinski definition) is 5. The van der Waals surface area contributed by atoms with Crippen LogP contribution in [0.4, 0.5) is 0 Å². The Morgan fingerprint density at radius 2 is 2.36 bits per heavy atom. The summed E-state index contributed by atoms with van der Waals surface area (Å²) in [7, 11) is 0. The van der Waals surface area contributed by atoms with E-state index < -0.39 is 0 Å². The molecular formula is C16H25N5S. The third-order valence-electron chi connectivity index (χ3n) is 4.24. The van der Waals surface area contributed by atoms with Crippen molar-refractivity contribution in [2.45, 2.75) is 52.1 Å². The van der Waals surface area contributed by atoms with Crippen molar-refractivity contribution in [3.05, 3.63) is 28.7 Å². The second kappa shape index (κ2) is 7.83. The van der Waals surface area contributed by atoms with Gasteiger partial charge in [-0.2, -0.15) is 5.10 Å². The van der Waals surface area contributed by atoms with E-state index in [1.165, 1.54) is 42.9 Å². The van der Waals surface area contributed by atoms with E-state index in [4.69, 9.17) is 4.98 Å². The summed E-state index contributed by atoms with van der Waals surface area (Å²) in [4.78, 5) is 11.4. The molecule has 1 unspecified atom stereocenters. The molecule has 22 heavy (non-hydrogen) atoms. The Bertz CT molecular complexity index is 551. The van der Waals surface area contributed by atoms with Crippen LogP contribution in [0.1, 0.15) is 43.3 Å². The van der Waals surface area contributed by atoms with Crippen LogP contribution in [0.3, 0.4) is 0 Å². The van der Waals surface area contributed by atoms with E-state index in [1.54, 1.807) is 6.33 Å². The monoisotopic (exact) mass is 319 g/mol. The van der Waals surface area contributed by atoms with Crippen molar-refractivity contribution < 1.29 is 0 Å². The quantitative estimate of drug-likeness (QED) is 0.787. The summed E-state index contributed by atoms with van der Waals surface area (Å²) in [5.41, 5.74) is 1.25. The highest BCUT2D eigenvalue weighted by Gasteiger charge is 2.21. The van der Waals surface area contributed by atoms with E-state index in [0.29, 0.717) is 5.92 Å². The molecule has 2 aromatic rings. The first-order chi connectivity index (χ1) is 10.8. The van der Waals surface area contributed by atoms with Crippen molar-refractivity contribution in [3.63, 3.8) is 0 Å². The smallest absolute Gasteiger partial charge is 0.137 e. The first-order valence-corrected chi connectivity index (χ1v) is 9.19. The van der Waals surface area contributed by atoms with Crippen LogP contribution in [0.15, 0.2) is 18.0 Å². The number of thiazole rings is 1.